The SMILES string of the molecule is Cc1ccccc1CN(C)C(=O)CCNC(=O)Cc1ccccc1. The van der Waals surface area contributed by atoms with Gasteiger partial charge in [0.1, 0.15) is 0 Å². The van der Waals surface area contributed by atoms with Gasteiger partial charge in [-0.15, -0.1) is 0 Å². The van der Waals surface area contributed by atoms with E-state index in [4.69, 9.17) is 0 Å². The molecule has 126 valence electrons. The molecule has 4 nitrogen and oxygen atoms in total. The molecule has 0 radical (unpaired) electrons. The van der Waals surface area contributed by atoms with Crippen molar-refractivity contribution in [3.05, 3.63) is 71.3 Å². The Hall–Kier alpha value is -2.62. The number of amides is 2. The van der Waals surface area contributed by atoms with Crippen LogP contribution < -0.4 is 5.32 Å². The van der Waals surface area contributed by atoms with E-state index in [9.17, 15) is 9.59 Å². The van der Waals surface area contributed by atoms with Crippen molar-refractivity contribution in [2.45, 2.75) is 26.3 Å². The topological polar surface area (TPSA) is 49.4 Å². The van der Waals surface area contributed by atoms with Crippen molar-refractivity contribution >= 4 is 11.8 Å². The number of carbonyl (C=O) groups is 2. The lowest BCUT2D eigenvalue weighted by Crippen LogP contribution is -2.32. The van der Waals surface area contributed by atoms with Crippen LogP contribution in [0.3, 0.4) is 0 Å². The molecule has 0 spiro atoms. The summed E-state index contributed by atoms with van der Waals surface area (Å²) in [7, 11) is 1.79. The van der Waals surface area contributed by atoms with Gasteiger partial charge in [0.05, 0.1) is 6.42 Å². The van der Waals surface area contributed by atoms with Crippen molar-refractivity contribution in [1.29, 1.82) is 0 Å². The molecule has 2 amide bonds. The summed E-state index contributed by atoms with van der Waals surface area (Å²) in [5.74, 6) is -0.0335. The summed E-state index contributed by atoms with van der Waals surface area (Å²) in [6.07, 6.45) is 0.650. The molecule has 24 heavy (non-hydrogen) atoms. The average molecular weight is 324 g/mol. The Morgan fingerprint density at radius 3 is 2.38 bits per heavy atom. The molecule has 2 aromatic rings. The summed E-state index contributed by atoms with van der Waals surface area (Å²) in [6.45, 7) is 2.99. The Balaban J connectivity index is 1.72. The van der Waals surface area contributed by atoms with E-state index in [0.29, 0.717) is 25.9 Å². The van der Waals surface area contributed by atoms with Crippen molar-refractivity contribution in [2.24, 2.45) is 0 Å². The molecule has 0 fully saturated rings. The molecule has 0 atom stereocenters. The molecule has 0 aliphatic heterocycles. The third kappa shape index (κ3) is 5.54. The van der Waals surface area contributed by atoms with Gasteiger partial charge in [0.15, 0.2) is 0 Å². The lowest BCUT2D eigenvalue weighted by molar-refractivity contribution is -0.130. The second-order valence-electron chi connectivity index (χ2n) is 5.94. The Labute approximate surface area is 143 Å². The summed E-state index contributed by atoms with van der Waals surface area (Å²) in [6, 6.07) is 17.6. The van der Waals surface area contributed by atoms with Crippen molar-refractivity contribution in [2.75, 3.05) is 13.6 Å². The number of hydrogen-bond acceptors (Lipinski definition) is 2. The molecule has 0 aliphatic carbocycles. The first-order valence-corrected chi connectivity index (χ1v) is 8.15. The molecule has 0 bridgehead atoms. The summed E-state index contributed by atoms with van der Waals surface area (Å²) in [5.41, 5.74) is 3.28. The van der Waals surface area contributed by atoms with E-state index in [0.717, 1.165) is 11.1 Å². The minimum Gasteiger partial charge on any atom is -0.355 e. The predicted molar refractivity (Wildman–Crippen MR) is 95.4 cm³/mol. The smallest absolute Gasteiger partial charge is 0.224 e. The van der Waals surface area contributed by atoms with Crippen LogP contribution in [0.15, 0.2) is 54.6 Å². The molecule has 1 N–H and O–H groups in total. The molecule has 0 aliphatic rings. The third-order valence-corrected chi connectivity index (χ3v) is 3.96. The highest BCUT2D eigenvalue weighted by atomic mass is 16.2. The summed E-state index contributed by atoms with van der Waals surface area (Å²) in [4.78, 5) is 25.7. The Kier molecular flexibility index (Phi) is 6.55. The largest absolute Gasteiger partial charge is 0.355 e. The Morgan fingerprint density at radius 2 is 1.67 bits per heavy atom. The monoisotopic (exact) mass is 324 g/mol. The molecule has 2 aromatic carbocycles. The highest BCUT2D eigenvalue weighted by Crippen LogP contribution is 2.10. The number of nitrogens with one attached hydrogen (secondary N) is 1. The van der Waals surface area contributed by atoms with Gasteiger partial charge in [-0.1, -0.05) is 54.6 Å². The standard InChI is InChI=1S/C20H24N2O2/c1-16-8-6-7-11-18(16)15-22(2)20(24)12-13-21-19(23)14-17-9-4-3-5-10-17/h3-11H,12-15H2,1-2H3,(H,21,23). The van der Waals surface area contributed by atoms with Crippen LogP contribution in [0.25, 0.3) is 0 Å². The van der Waals surface area contributed by atoms with E-state index in [2.05, 4.69) is 5.32 Å². The van der Waals surface area contributed by atoms with E-state index in [1.807, 2.05) is 61.5 Å². The fraction of sp³-hybridized carbons (Fsp3) is 0.300. The molecule has 0 unspecified atom stereocenters. The normalized spacial score (nSPS) is 10.2. The van der Waals surface area contributed by atoms with Crippen LogP contribution in [0.5, 0.6) is 0 Å². The van der Waals surface area contributed by atoms with Gasteiger partial charge < -0.3 is 10.2 Å². The van der Waals surface area contributed by atoms with E-state index >= 15 is 0 Å². The number of rotatable bonds is 7. The van der Waals surface area contributed by atoms with E-state index < -0.39 is 0 Å². The average Bonchev–Trinajstić information content (AvgIpc) is 2.57. The molecule has 2 rings (SSSR count). The zero-order chi connectivity index (χ0) is 17.4. The van der Waals surface area contributed by atoms with Crippen LogP contribution in [0, 0.1) is 6.92 Å². The maximum Gasteiger partial charge on any atom is 0.224 e. The summed E-state index contributed by atoms with van der Waals surface area (Å²) >= 11 is 0. The highest BCUT2D eigenvalue weighted by Gasteiger charge is 2.11. The lowest BCUT2D eigenvalue weighted by Gasteiger charge is -2.18. The number of aryl methyl sites for hydroxylation is 1. The van der Waals surface area contributed by atoms with Crippen molar-refractivity contribution in [3.63, 3.8) is 0 Å². The van der Waals surface area contributed by atoms with E-state index in [1.54, 1.807) is 11.9 Å². The third-order valence-electron chi connectivity index (χ3n) is 3.96. The maximum absolute atomic E-state index is 12.2. The highest BCUT2D eigenvalue weighted by molar-refractivity contribution is 5.80. The van der Waals surface area contributed by atoms with Gasteiger partial charge in [-0.2, -0.15) is 0 Å². The van der Waals surface area contributed by atoms with E-state index in [-0.39, 0.29) is 11.8 Å². The lowest BCUT2D eigenvalue weighted by atomic mass is 10.1. The molecule has 0 saturated carbocycles. The fourth-order valence-electron chi connectivity index (χ4n) is 2.47. The van der Waals surface area contributed by atoms with Crippen molar-refractivity contribution < 1.29 is 9.59 Å². The summed E-state index contributed by atoms with van der Waals surface area (Å²) < 4.78 is 0. The van der Waals surface area contributed by atoms with Gasteiger partial charge in [-0.3, -0.25) is 9.59 Å². The second-order valence-corrected chi connectivity index (χ2v) is 5.94. The number of carbonyl (C=O) groups excluding carboxylic acids is 2. The quantitative estimate of drug-likeness (QED) is 0.851. The molecule has 0 heterocycles. The first-order chi connectivity index (χ1) is 11.6. The molecule has 4 heteroatoms. The van der Waals surface area contributed by atoms with Gasteiger partial charge in [0, 0.05) is 26.6 Å². The Bertz CT molecular complexity index is 683. The number of benzene rings is 2. The van der Waals surface area contributed by atoms with Gasteiger partial charge in [0.2, 0.25) is 11.8 Å². The zero-order valence-electron chi connectivity index (χ0n) is 14.3. The second kappa shape index (κ2) is 8.87. The van der Waals surface area contributed by atoms with Crippen LogP contribution in [0.2, 0.25) is 0 Å². The number of hydrogen-bond donors (Lipinski definition) is 1. The van der Waals surface area contributed by atoms with Crippen molar-refractivity contribution in [1.82, 2.24) is 10.2 Å². The minimum atomic E-state index is -0.0597. The van der Waals surface area contributed by atoms with Crippen LogP contribution in [-0.4, -0.2) is 30.3 Å². The first-order valence-electron chi connectivity index (χ1n) is 8.15. The van der Waals surface area contributed by atoms with Crippen molar-refractivity contribution in [3.8, 4) is 0 Å². The van der Waals surface area contributed by atoms with Crippen LogP contribution in [-0.2, 0) is 22.6 Å². The first kappa shape index (κ1) is 17.7. The van der Waals surface area contributed by atoms with E-state index in [1.165, 1.54) is 5.56 Å². The molecule has 0 saturated heterocycles. The predicted octanol–water partition coefficient (Wildman–Crippen LogP) is 2.70. The van der Waals surface area contributed by atoms with Gasteiger partial charge in [0.25, 0.3) is 0 Å². The molecular weight excluding hydrogens is 300 g/mol. The van der Waals surface area contributed by atoms with Crippen LogP contribution in [0.4, 0.5) is 0 Å². The fourth-order valence-corrected chi connectivity index (χ4v) is 2.47. The van der Waals surface area contributed by atoms with Crippen LogP contribution >= 0.6 is 0 Å². The summed E-state index contributed by atoms with van der Waals surface area (Å²) in [5, 5.41) is 2.81. The zero-order valence-corrected chi connectivity index (χ0v) is 14.3. The van der Waals surface area contributed by atoms with Gasteiger partial charge in [-0.05, 0) is 23.6 Å². The van der Waals surface area contributed by atoms with Gasteiger partial charge >= 0.3 is 0 Å². The molecular formula is C20H24N2O2. The Morgan fingerprint density at radius 1 is 1.00 bits per heavy atom. The maximum atomic E-state index is 12.2. The number of nitrogens with zero attached hydrogens (tertiary/aromatic N) is 1. The molecule has 0 aromatic heterocycles. The minimum absolute atomic E-state index is 0.0262. The van der Waals surface area contributed by atoms with Crippen LogP contribution in [0.1, 0.15) is 23.1 Å². The van der Waals surface area contributed by atoms with Gasteiger partial charge in [-0.25, -0.2) is 0 Å².